The van der Waals surface area contributed by atoms with Gasteiger partial charge >= 0.3 is 0 Å². The van der Waals surface area contributed by atoms with Crippen molar-refractivity contribution in [1.82, 2.24) is 5.32 Å². The number of carbonyl (C=O) groups excluding carboxylic acids is 1. The quantitative estimate of drug-likeness (QED) is 0.878. The minimum absolute atomic E-state index is 0.112. The first-order valence-corrected chi connectivity index (χ1v) is 7.19. The second-order valence-electron chi connectivity index (χ2n) is 5.82. The van der Waals surface area contributed by atoms with Crippen LogP contribution in [-0.4, -0.2) is 19.0 Å². The molecule has 1 fully saturated rings. The Kier molecular flexibility index (Phi) is 3.45. The predicted molar refractivity (Wildman–Crippen MR) is 82.8 cm³/mol. The van der Waals surface area contributed by atoms with Crippen molar-refractivity contribution >= 4 is 22.4 Å². The average Bonchev–Trinajstić information content (AvgIpc) is 2.48. The topological polar surface area (TPSA) is 41.1 Å². The number of piperidine rings is 1. The van der Waals surface area contributed by atoms with Crippen LogP contribution in [0.4, 0.5) is 5.69 Å². The number of amides is 1. The molecule has 1 amide bonds. The summed E-state index contributed by atoms with van der Waals surface area (Å²) >= 11 is 0. The fourth-order valence-electron chi connectivity index (χ4n) is 2.86. The van der Waals surface area contributed by atoms with E-state index in [1.54, 1.807) is 0 Å². The van der Waals surface area contributed by atoms with E-state index in [1.807, 2.05) is 37.3 Å². The molecule has 1 saturated heterocycles. The summed E-state index contributed by atoms with van der Waals surface area (Å²) in [6.45, 7) is 3.81. The Morgan fingerprint density at radius 3 is 2.80 bits per heavy atom. The molecule has 0 aliphatic carbocycles. The summed E-state index contributed by atoms with van der Waals surface area (Å²) in [5.74, 6) is 0.112. The highest BCUT2D eigenvalue weighted by Gasteiger charge is 2.34. The molecule has 1 aliphatic heterocycles. The third-order valence-corrected chi connectivity index (χ3v) is 4.18. The molecule has 0 saturated carbocycles. The molecule has 1 aliphatic rings. The van der Waals surface area contributed by atoms with Crippen molar-refractivity contribution in [3.8, 4) is 0 Å². The summed E-state index contributed by atoms with van der Waals surface area (Å²) in [6, 6.07) is 14.2. The lowest BCUT2D eigenvalue weighted by Gasteiger charge is -2.32. The molecule has 0 radical (unpaired) electrons. The highest BCUT2D eigenvalue weighted by molar-refractivity contribution is 6.03. The molecule has 1 unspecified atom stereocenters. The monoisotopic (exact) mass is 268 g/mol. The molecular weight excluding hydrogens is 248 g/mol. The van der Waals surface area contributed by atoms with Crippen LogP contribution in [0.25, 0.3) is 10.8 Å². The van der Waals surface area contributed by atoms with Gasteiger partial charge in [-0.1, -0.05) is 36.4 Å². The lowest BCUT2D eigenvalue weighted by atomic mass is 9.82. The molecule has 0 aromatic heterocycles. The molecule has 2 aromatic rings. The molecule has 1 atom stereocenters. The number of anilines is 1. The van der Waals surface area contributed by atoms with Crippen molar-refractivity contribution in [1.29, 1.82) is 0 Å². The van der Waals surface area contributed by atoms with E-state index < -0.39 is 0 Å². The summed E-state index contributed by atoms with van der Waals surface area (Å²) in [7, 11) is 0. The van der Waals surface area contributed by atoms with E-state index in [-0.39, 0.29) is 11.3 Å². The van der Waals surface area contributed by atoms with Crippen LogP contribution < -0.4 is 10.6 Å². The van der Waals surface area contributed by atoms with Crippen LogP contribution >= 0.6 is 0 Å². The summed E-state index contributed by atoms with van der Waals surface area (Å²) < 4.78 is 0. The van der Waals surface area contributed by atoms with Crippen LogP contribution in [0.5, 0.6) is 0 Å². The minimum atomic E-state index is -0.310. The van der Waals surface area contributed by atoms with Crippen molar-refractivity contribution in [2.45, 2.75) is 19.8 Å². The fourth-order valence-corrected chi connectivity index (χ4v) is 2.86. The Labute approximate surface area is 119 Å². The maximum Gasteiger partial charge on any atom is 0.231 e. The number of hydrogen-bond donors (Lipinski definition) is 2. The zero-order chi connectivity index (χ0) is 14.0. The lowest BCUT2D eigenvalue weighted by molar-refractivity contribution is -0.125. The van der Waals surface area contributed by atoms with Crippen LogP contribution in [0.3, 0.4) is 0 Å². The van der Waals surface area contributed by atoms with Crippen LogP contribution in [0.2, 0.25) is 0 Å². The van der Waals surface area contributed by atoms with Crippen LogP contribution in [-0.2, 0) is 4.79 Å². The third-order valence-electron chi connectivity index (χ3n) is 4.18. The summed E-state index contributed by atoms with van der Waals surface area (Å²) in [4.78, 5) is 12.6. The van der Waals surface area contributed by atoms with Gasteiger partial charge in [-0.2, -0.15) is 0 Å². The highest BCUT2D eigenvalue weighted by Crippen LogP contribution is 2.29. The van der Waals surface area contributed by atoms with Gasteiger partial charge in [0, 0.05) is 17.6 Å². The van der Waals surface area contributed by atoms with E-state index in [1.165, 1.54) is 0 Å². The van der Waals surface area contributed by atoms with Gasteiger partial charge in [-0.3, -0.25) is 4.79 Å². The highest BCUT2D eigenvalue weighted by atomic mass is 16.2. The van der Waals surface area contributed by atoms with E-state index >= 15 is 0 Å². The number of hydrogen-bond acceptors (Lipinski definition) is 2. The van der Waals surface area contributed by atoms with E-state index in [2.05, 4.69) is 22.8 Å². The molecule has 3 nitrogen and oxygen atoms in total. The summed E-state index contributed by atoms with van der Waals surface area (Å²) in [5, 5.41) is 8.68. The maximum absolute atomic E-state index is 12.6. The predicted octanol–water partition coefficient (Wildman–Crippen LogP) is 3.17. The van der Waals surface area contributed by atoms with Gasteiger partial charge in [0.05, 0.1) is 5.41 Å². The number of fused-ring (bicyclic) bond motifs is 1. The van der Waals surface area contributed by atoms with Gasteiger partial charge in [-0.15, -0.1) is 0 Å². The van der Waals surface area contributed by atoms with Crippen molar-refractivity contribution in [3.63, 3.8) is 0 Å². The van der Waals surface area contributed by atoms with Gasteiger partial charge in [0.1, 0.15) is 0 Å². The Bertz CT molecular complexity index is 624. The third kappa shape index (κ3) is 2.41. The Hall–Kier alpha value is -1.87. The SMILES string of the molecule is CC1(C(=O)Nc2cccc3ccccc23)CCCNC1. The second kappa shape index (κ2) is 5.25. The molecule has 1 heterocycles. The summed E-state index contributed by atoms with van der Waals surface area (Å²) in [5.41, 5.74) is 0.592. The first kappa shape index (κ1) is 13.1. The molecule has 2 N–H and O–H groups in total. The smallest absolute Gasteiger partial charge is 0.231 e. The van der Waals surface area contributed by atoms with Gasteiger partial charge in [0.25, 0.3) is 0 Å². The van der Waals surface area contributed by atoms with Gasteiger partial charge in [-0.25, -0.2) is 0 Å². The van der Waals surface area contributed by atoms with Crippen molar-refractivity contribution in [2.24, 2.45) is 5.41 Å². The van der Waals surface area contributed by atoms with Crippen LogP contribution in [0.1, 0.15) is 19.8 Å². The first-order chi connectivity index (χ1) is 9.69. The lowest BCUT2D eigenvalue weighted by Crippen LogP contribution is -2.46. The van der Waals surface area contributed by atoms with E-state index in [0.29, 0.717) is 0 Å². The van der Waals surface area contributed by atoms with E-state index in [4.69, 9.17) is 0 Å². The molecule has 104 valence electrons. The molecular formula is C17H20N2O. The van der Waals surface area contributed by atoms with E-state index in [0.717, 1.165) is 42.4 Å². The largest absolute Gasteiger partial charge is 0.325 e. The van der Waals surface area contributed by atoms with Gasteiger partial charge in [0.2, 0.25) is 5.91 Å². The molecule has 3 heteroatoms. The van der Waals surface area contributed by atoms with Crippen molar-refractivity contribution in [2.75, 3.05) is 18.4 Å². The Morgan fingerprint density at radius 2 is 2.00 bits per heavy atom. The molecule has 0 bridgehead atoms. The van der Waals surface area contributed by atoms with Gasteiger partial charge < -0.3 is 10.6 Å². The standard InChI is InChI=1S/C17H20N2O/c1-17(10-5-11-18-12-17)16(20)19-15-9-4-7-13-6-2-3-8-14(13)15/h2-4,6-9,18H,5,10-12H2,1H3,(H,19,20). The van der Waals surface area contributed by atoms with Crippen molar-refractivity contribution in [3.05, 3.63) is 42.5 Å². The van der Waals surface area contributed by atoms with Gasteiger partial charge in [-0.05, 0) is 37.8 Å². The number of carbonyl (C=O) groups is 1. The van der Waals surface area contributed by atoms with Crippen molar-refractivity contribution < 1.29 is 4.79 Å². The zero-order valence-electron chi connectivity index (χ0n) is 11.8. The Morgan fingerprint density at radius 1 is 1.20 bits per heavy atom. The van der Waals surface area contributed by atoms with E-state index in [9.17, 15) is 4.79 Å². The first-order valence-electron chi connectivity index (χ1n) is 7.19. The van der Waals surface area contributed by atoms with Crippen LogP contribution in [0.15, 0.2) is 42.5 Å². The molecule has 20 heavy (non-hydrogen) atoms. The molecule has 3 rings (SSSR count). The van der Waals surface area contributed by atoms with Crippen LogP contribution in [0, 0.1) is 5.41 Å². The molecule has 2 aromatic carbocycles. The molecule has 0 spiro atoms. The Balaban J connectivity index is 1.87. The fraction of sp³-hybridized carbons (Fsp3) is 0.353. The normalized spacial score (nSPS) is 22.6. The summed E-state index contributed by atoms with van der Waals surface area (Å²) in [6.07, 6.45) is 2.00. The number of nitrogens with one attached hydrogen (secondary N) is 2. The number of rotatable bonds is 2. The number of benzene rings is 2. The maximum atomic E-state index is 12.6. The second-order valence-corrected chi connectivity index (χ2v) is 5.82. The minimum Gasteiger partial charge on any atom is -0.325 e. The zero-order valence-corrected chi connectivity index (χ0v) is 11.8. The average molecular weight is 268 g/mol. The van der Waals surface area contributed by atoms with Gasteiger partial charge in [0.15, 0.2) is 0 Å².